The molecule has 5 nitrogen and oxygen atoms in total. The molecule has 2 aromatic heterocycles. The smallest absolute Gasteiger partial charge is 0.203 e. The first-order valence-electron chi connectivity index (χ1n) is 3.62. The fourth-order valence-corrected chi connectivity index (χ4v) is 1.07. The first kappa shape index (κ1) is 7.43. The van der Waals surface area contributed by atoms with Gasteiger partial charge in [-0.05, 0) is 12.1 Å². The van der Waals surface area contributed by atoms with Gasteiger partial charge in [0, 0.05) is 6.20 Å². The van der Waals surface area contributed by atoms with Crippen LogP contribution in [0.3, 0.4) is 0 Å². The number of H-pyrrole nitrogens is 1. The summed E-state index contributed by atoms with van der Waals surface area (Å²) in [5.41, 5.74) is 6.38. The minimum absolute atomic E-state index is 0.118. The van der Waals surface area contributed by atoms with Crippen LogP contribution in [0.2, 0.25) is 0 Å². The summed E-state index contributed by atoms with van der Waals surface area (Å²) in [6.07, 6.45) is 1.73. The minimum atomic E-state index is 0.118. The van der Waals surface area contributed by atoms with Gasteiger partial charge in [0.2, 0.25) is 5.76 Å². The van der Waals surface area contributed by atoms with Crippen LogP contribution in [-0.4, -0.2) is 10.1 Å². The van der Waals surface area contributed by atoms with Gasteiger partial charge in [0.15, 0.2) is 5.82 Å². The van der Waals surface area contributed by atoms with E-state index in [1.807, 2.05) is 6.07 Å². The molecule has 64 valence electrons. The predicted molar refractivity (Wildman–Crippen MR) is 45.4 cm³/mol. The Kier molecular flexibility index (Phi) is 1.53. The molecular formula is C8H6N4O. The van der Waals surface area contributed by atoms with E-state index in [4.69, 9.17) is 15.5 Å². The second-order valence-corrected chi connectivity index (χ2v) is 2.47. The topological polar surface area (TPSA) is 91.6 Å². The molecule has 0 radical (unpaired) electrons. The summed E-state index contributed by atoms with van der Waals surface area (Å²) in [6.45, 7) is 0. The summed E-state index contributed by atoms with van der Waals surface area (Å²) in [7, 11) is 0. The van der Waals surface area contributed by atoms with Gasteiger partial charge >= 0.3 is 0 Å². The van der Waals surface area contributed by atoms with Gasteiger partial charge in [0.05, 0.1) is 5.69 Å². The van der Waals surface area contributed by atoms with E-state index in [0.29, 0.717) is 11.5 Å². The second-order valence-electron chi connectivity index (χ2n) is 2.47. The number of anilines is 1. The molecular weight excluding hydrogens is 168 g/mol. The predicted octanol–water partition coefficient (Wildman–Crippen LogP) is 1.12. The van der Waals surface area contributed by atoms with E-state index in [2.05, 4.69) is 10.1 Å². The largest absolute Gasteiger partial charge is 0.380 e. The molecule has 0 saturated carbocycles. The van der Waals surface area contributed by atoms with Gasteiger partial charge in [0.25, 0.3) is 0 Å². The fraction of sp³-hybridized carbons (Fsp3) is 0. The van der Waals surface area contributed by atoms with Gasteiger partial charge in [-0.1, -0.05) is 5.16 Å². The number of rotatable bonds is 1. The number of nitrogens with zero attached hydrogens (tertiary/aromatic N) is 2. The van der Waals surface area contributed by atoms with E-state index in [1.54, 1.807) is 18.3 Å². The summed E-state index contributed by atoms with van der Waals surface area (Å²) in [5, 5.41) is 12.2. The standard InChI is InChI=1S/C8H6N4O/c9-4-5-7(13-12-8(5)10)6-2-1-3-11-6/h1-3,11H,(H2,10,12). The second kappa shape index (κ2) is 2.68. The number of nitrogen functional groups attached to an aromatic ring is 1. The third-order valence-electron chi connectivity index (χ3n) is 1.67. The van der Waals surface area contributed by atoms with E-state index < -0.39 is 0 Å². The minimum Gasteiger partial charge on any atom is -0.380 e. The zero-order valence-corrected chi connectivity index (χ0v) is 6.61. The van der Waals surface area contributed by atoms with Gasteiger partial charge in [-0.3, -0.25) is 0 Å². The molecule has 0 aliphatic rings. The summed E-state index contributed by atoms with van der Waals surface area (Å²) in [4.78, 5) is 2.90. The number of hydrogen-bond acceptors (Lipinski definition) is 4. The van der Waals surface area contributed by atoms with Gasteiger partial charge in [-0.2, -0.15) is 5.26 Å². The van der Waals surface area contributed by atoms with E-state index in [9.17, 15) is 0 Å². The highest BCUT2D eigenvalue weighted by Gasteiger charge is 2.15. The monoisotopic (exact) mass is 174 g/mol. The van der Waals surface area contributed by atoms with Crippen molar-refractivity contribution in [2.45, 2.75) is 0 Å². The molecule has 0 unspecified atom stereocenters. The maximum Gasteiger partial charge on any atom is 0.203 e. The molecule has 5 heteroatoms. The molecule has 0 bridgehead atoms. The van der Waals surface area contributed by atoms with Crippen LogP contribution in [0.1, 0.15) is 5.56 Å². The zero-order valence-electron chi connectivity index (χ0n) is 6.61. The number of nitrogens with one attached hydrogen (secondary N) is 1. The molecule has 0 aliphatic carbocycles. The van der Waals surface area contributed by atoms with Crippen molar-refractivity contribution >= 4 is 5.82 Å². The lowest BCUT2D eigenvalue weighted by molar-refractivity contribution is 0.434. The Morgan fingerprint density at radius 2 is 2.46 bits per heavy atom. The number of nitriles is 1. The molecule has 2 rings (SSSR count). The summed E-state index contributed by atoms with van der Waals surface area (Å²) in [5.74, 6) is 0.497. The molecule has 13 heavy (non-hydrogen) atoms. The third-order valence-corrected chi connectivity index (χ3v) is 1.67. The number of aromatic nitrogens is 2. The molecule has 0 aliphatic heterocycles. The van der Waals surface area contributed by atoms with Crippen molar-refractivity contribution in [1.82, 2.24) is 10.1 Å². The van der Waals surface area contributed by atoms with E-state index in [1.165, 1.54) is 0 Å². The lowest BCUT2D eigenvalue weighted by atomic mass is 10.2. The maximum absolute atomic E-state index is 8.74. The summed E-state index contributed by atoms with van der Waals surface area (Å²) in [6, 6.07) is 5.51. The van der Waals surface area contributed by atoms with Crippen molar-refractivity contribution in [3.63, 3.8) is 0 Å². The molecule has 3 N–H and O–H groups in total. The van der Waals surface area contributed by atoms with Gasteiger partial charge in [-0.25, -0.2) is 0 Å². The molecule has 0 amide bonds. The molecule has 0 spiro atoms. The van der Waals surface area contributed by atoms with Gasteiger partial charge in [-0.15, -0.1) is 0 Å². The van der Waals surface area contributed by atoms with E-state index in [0.717, 1.165) is 0 Å². The Balaban J connectivity index is 2.60. The SMILES string of the molecule is N#Cc1c(N)noc1-c1ccc[nH]1. The van der Waals surface area contributed by atoms with Crippen LogP contribution in [0.5, 0.6) is 0 Å². The lowest BCUT2D eigenvalue weighted by Gasteiger charge is -1.88. The summed E-state index contributed by atoms with van der Waals surface area (Å²) >= 11 is 0. The van der Waals surface area contributed by atoms with Crippen LogP contribution < -0.4 is 5.73 Å². The van der Waals surface area contributed by atoms with E-state index >= 15 is 0 Å². The van der Waals surface area contributed by atoms with Crippen LogP contribution in [0.25, 0.3) is 11.5 Å². The average Bonchev–Trinajstić information content (AvgIpc) is 2.71. The van der Waals surface area contributed by atoms with Crippen LogP contribution in [-0.2, 0) is 0 Å². The van der Waals surface area contributed by atoms with Crippen LogP contribution in [0, 0.1) is 11.3 Å². The van der Waals surface area contributed by atoms with Crippen LogP contribution in [0.4, 0.5) is 5.82 Å². The first-order chi connectivity index (χ1) is 6.33. The molecule has 2 heterocycles. The molecule has 0 saturated heterocycles. The molecule has 0 fully saturated rings. The first-order valence-corrected chi connectivity index (χ1v) is 3.62. The van der Waals surface area contributed by atoms with Crippen LogP contribution in [0.15, 0.2) is 22.9 Å². The average molecular weight is 174 g/mol. The van der Waals surface area contributed by atoms with Gasteiger partial charge < -0.3 is 15.2 Å². The van der Waals surface area contributed by atoms with Crippen molar-refractivity contribution in [1.29, 1.82) is 5.26 Å². The Labute approximate surface area is 73.8 Å². The molecule has 2 aromatic rings. The summed E-state index contributed by atoms with van der Waals surface area (Å²) < 4.78 is 4.90. The quantitative estimate of drug-likeness (QED) is 0.677. The lowest BCUT2D eigenvalue weighted by Crippen LogP contribution is -1.87. The normalized spacial score (nSPS) is 9.77. The Bertz CT molecular complexity index is 449. The van der Waals surface area contributed by atoms with Crippen molar-refractivity contribution in [3.05, 3.63) is 23.9 Å². The third kappa shape index (κ3) is 1.05. The number of hydrogen-bond donors (Lipinski definition) is 2. The van der Waals surface area contributed by atoms with Crippen molar-refractivity contribution in [2.75, 3.05) is 5.73 Å². The number of aromatic amines is 1. The van der Waals surface area contributed by atoms with Crippen molar-refractivity contribution in [2.24, 2.45) is 0 Å². The Hall–Kier alpha value is -2.22. The van der Waals surface area contributed by atoms with Crippen molar-refractivity contribution in [3.8, 4) is 17.5 Å². The maximum atomic E-state index is 8.74. The highest BCUT2D eigenvalue weighted by Crippen LogP contribution is 2.24. The van der Waals surface area contributed by atoms with E-state index in [-0.39, 0.29) is 11.4 Å². The van der Waals surface area contributed by atoms with Crippen molar-refractivity contribution < 1.29 is 4.52 Å². The highest BCUT2D eigenvalue weighted by atomic mass is 16.5. The molecule has 0 atom stereocenters. The Morgan fingerprint density at radius 1 is 1.62 bits per heavy atom. The van der Waals surface area contributed by atoms with Gasteiger partial charge in [0.1, 0.15) is 11.6 Å². The van der Waals surface area contributed by atoms with Crippen LogP contribution >= 0.6 is 0 Å². The molecule has 0 aromatic carbocycles. The highest BCUT2D eigenvalue weighted by molar-refractivity contribution is 5.67. The zero-order chi connectivity index (χ0) is 9.26. The number of nitrogens with two attached hydrogens (primary N) is 1. The fourth-order valence-electron chi connectivity index (χ4n) is 1.07. The Morgan fingerprint density at radius 3 is 3.08 bits per heavy atom.